The maximum Gasteiger partial charge on any atom is 0.0288 e. The van der Waals surface area contributed by atoms with Crippen LogP contribution in [0.15, 0.2) is 11.1 Å². The summed E-state index contributed by atoms with van der Waals surface area (Å²) in [6, 6.07) is 0.593. The number of hydrogen-bond acceptors (Lipinski definition) is 2. The van der Waals surface area contributed by atoms with Crippen molar-refractivity contribution in [2.45, 2.75) is 19.9 Å². The summed E-state index contributed by atoms with van der Waals surface area (Å²) in [6.45, 7) is 6.82. The lowest BCUT2D eigenvalue weighted by Gasteiger charge is -2.22. The van der Waals surface area contributed by atoms with E-state index in [1.54, 1.807) is 11.1 Å². The molecule has 2 heteroatoms. The molecule has 0 saturated heterocycles. The Bertz CT molecular complexity index is 194. The second kappa shape index (κ2) is 3.58. The first kappa shape index (κ1) is 9.75. The zero-order valence-corrected chi connectivity index (χ0v) is 8.89. The second-order valence-electron chi connectivity index (χ2n) is 4.12. The van der Waals surface area contributed by atoms with Crippen LogP contribution in [0.3, 0.4) is 0 Å². The molecular weight excluding hydrogens is 148 g/mol. The topological polar surface area (TPSA) is 6.48 Å². The molecule has 1 rings (SSSR count). The second-order valence-corrected chi connectivity index (χ2v) is 4.12. The maximum atomic E-state index is 2.37. The summed E-state index contributed by atoms with van der Waals surface area (Å²) < 4.78 is 0. The molecule has 0 amide bonds. The van der Waals surface area contributed by atoms with Crippen LogP contribution in [0.2, 0.25) is 0 Å². The molecule has 1 unspecified atom stereocenters. The highest BCUT2D eigenvalue weighted by atomic mass is 15.1. The summed E-state index contributed by atoms with van der Waals surface area (Å²) in [5.74, 6) is 0. The van der Waals surface area contributed by atoms with Crippen molar-refractivity contribution in [1.82, 2.24) is 9.80 Å². The van der Waals surface area contributed by atoms with Gasteiger partial charge in [-0.1, -0.05) is 5.57 Å². The van der Waals surface area contributed by atoms with Crippen LogP contribution in [-0.2, 0) is 0 Å². The Morgan fingerprint density at radius 1 is 1.33 bits per heavy atom. The van der Waals surface area contributed by atoms with E-state index >= 15 is 0 Å². The minimum absolute atomic E-state index is 0.593. The van der Waals surface area contributed by atoms with Gasteiger partial charge in [0.25, 0.3) is 0 Å². The molecule has 1 heterocycles. The standard InChI is InChI=1S/C10H20N2/c1-8-6-12(5)7-10(8)9(2)11(3)4/h9H,6-7H2,1-5H3. The Balaban J connectivity index is 2.68. The molecule has 0 aliphatic carbocycles. The Labute approximate surface area is 75.8 Å². The fourth-order valence-corrected chi connectivity index (χ4v) is 1.79. The van der Waals surface area contributed by atoms with Gasteiger partial charge in [-0.25, -0.2) is 0 Å². The van der Waals surface area contributed by atoms with Gasteiger partial charge < -0.3 is 4.90 Å². The van der Waals surface area contributed by atoms with Crippen molar-refractivity contribution < 1.29 is 0 Å². The van der Waals surface area contributed by atoms with E-state index in [2.05, 4.69) is 44.8 Å². The van der Waals surface area contributed by atoms with Crippen LogP contribution < -0.4 is 0 Å². The highest BCUT2D eigenvalue weighted by molar-refractivity contribution is 5.25. The fraction of sp³-hybridized carbons (Fsp3) is 0.800. The van der Waals surface area contributed by atoms with Crippen molar-refractivity contribution in [2.24, 2.45) is 0 Å². The van der Waals surface area contributed by atoms with Crippen molar-refractivity contribution in [1.29, 1.82) is 0 Å². The predicted molar refractivity (Wildman–Crippen MR) is 53.3 cm³/mol. The monoisotopic (exact) mass is 168 g/mol. The number of rotatable bonds is 2. The molecule has 12 heavy (non-hydrogen) atoms. The smallest absolute Gasteiger partial charge is 0.0288 e. The molecule has 0 aromatic carbocycles. The first-order valence-corrected chi connectivity index (χ1v) is 4.56. The molecule has 0 radical (unpaired) electrons. The zero-order chi connectivity index (χ0) is 9.30. The van der Waals surface area contributed by atoms with Gasteiger partial charge in [0.05, 0.1) is 0 Å². The molecule has 0 fully saturated rings. The molecule has 0 N–H and O–H groups in total. The van der Waals surface area contributed by atoms with E-state index in [-0.39, 0.29) is 0 Å². The van der Waals surface area contributed by atoms with Gasteiger partial charge in [-0.05, 0) is 40.6 Å². The molecule has 0 aromatic rings. The quantitative estimate of drug-likeness (QED) is 0.572. The number of hydrogen-bond donors (Lipinski definition) is 0. The third kappa shape index (κ3) is 1.87. The van der Waals surface area contributed by atoms with Crippen LogP contribution in [0, 0.1) is 0 Å². The van der Waals surface area contributed by atoms with Crippen molar-refractivity contribution in [3.05, 3.63) is 11.1 Å². The van der Waals surface area contributed by atoms with Gasteiger partial charge in [-0.15, -0.1) is 0 Å². The first-order chi connectivity index (χ1) is 5.52. The van der Waals surface area contributed by atoms with Crippen molar-refractivity contribution in [2.75, 3.05) is 34.2 Å². The summed E-state index contributed by atoms with van der Waals surface area (Å²) in [4.78, 5) is 4.64. The Morgan fingerprint density at radius 2 is 1.92 bits per heavy atom. The van der Waals surface area contributed by atoms with Gasteiger partial charge in [0.1, 0.15) is 0 Å². The van der Waals surface area contributed by atoms with Crippen LogP contribution >= 0.6 is 0 Å². The maximum absolute atomic E-state index is 2.37. The predicted octanol–water partition coefficient (Wildman–Crippen LogP) is 1.20. The summed E-state index contributed by atoms with van der Waals surface area (Å²) in [5.41, 5.74) is 3.15. The van der Waals surface area contributed by atoms with E-state index in [1.165, 1.54) is 0 Å². The summed E-state index contributed by atoms with van der Waals surface area (Å²) in [6.07, 6.45) is 0. The molecule has 0 saturated carbocycles. The van der Waals surface area contributed by atoms with Crippen molar-refractivity contribution in [3.63, 3.8) is 0 Å². The lowest BCUT2D eigenvalue weighted by Crippen LogP contribution is -2.29. The van der Waals surface area contributed by atoms with Crippen molar-refractivity contribution >= 4 is 0 Å². The molecule has 70 valence electrons. The molecule has 0 spiro atoms. The van der Waals surface area contributed by atoms with Gasteiger partial charge in [0, 0.05) is 19.1 Å². The normalized spacial score (nSPS) is 22.5. The molecular formula is C10H20N2. The van der Waals surface area contributed by atoms with Gasteiger partial charge in [-0.3, -0.25) is 4.90 Å². The van der Waals surface area contributed by atoms with E-state index in [0.29, 0.717) is 6.04 Å². The number of likely N-dealkylation sites (N-methyl/N-ethyl adjacent to an activating group) is 2. The lowest BCUT2D eigenvalue weighted by atomic mass is 10.1. The molecule has 1 atom stereocenters. The van der Waals surface area contributed by atoms with Crippen molar-refractivity contribution in [3.8, 4) is 0 Å². The van der Waals surface area contributed by atoms with E-state index < -0.39 is 0 Å². The fourth-order valence-electron chi connectivity index (χ4n) is 1.79. The van der Waals surface area contributed by atoms with E-state index in [4.69, 9.17) is 0 Å². The van der Waals surface area contributed by atoms with Gasteiger partial charge >= 0.3 is 0 Å². The van der Waals surface area contributed by atoms with Gasteiger partial charge in [0.15, 0.2) is 0 Å². The summed E-state index contributed by atoms with van der Waals surface area (Å²) in [7, 11) is 6.46. The average Bonchev–Trinajstić information content (AvgIpc) is 2.28. The molecule has 1 aliphatic rings. The Hall–Kier alpha value is -0.340. The largest absolute Gasteiger partial charge is 0.303 e. The Kier molecular flexibility index (Phi) is 2.91. The van der Waals surface area contributed by atoms with Gasteiger partial charge in [-0.2, -0.15) is 0 Å². The number of nitrogens with zero attached hydrogens (tertiary/aromatic N) is 2. The van der Waals surface area contributed by atoms with Crippen LogP contribution in [0.5, 0.6) is 0 Å². The molecule has 1 aliphatic heterocycles. The third-order valence-electron chi connectivity index (χ3n) is 2.77. The minimum atomic E-state index is 0.593. The highest BCUT2D eigenvalue weighted by Crippen LogP contribution is 2.20. The van der Waals surface area contributed by atoms with Crippen LogP contribution in [0.1, 0.15) is 13.8 Å². The lowest BCUT2D eigenvalue weighted by molar-refractivity contribution is 0.333. The van der Waals surface area contributed by atoms with Crippen LogP contribution in [0.25, 0.3) is 0 Å². The molecule has 2 nitrogen and oxygen atoms in total. The average molecular weight is 168 g/mol. The Morgan fingerprint density at radius 3 is 2.25 bits per heavy atom. The highest BCUT2D eigenvalue weighted by Gasteiger charge is 2.21. The van der Waals surface area contributed by atoms with Crippen LogP contribution in [0.4, 0.5) is 0 Å². The van der Waals surface area contributed by atoms with E-state index in [9.17, 15) is 0 Å². The molecule has 0 aromatic heterocycles. The third-order valence-corrected chi connectivity index (χ3v) is 2.77. The summed E-state index contributed by atoms with van der Waals surface area (Å²) >= 11 is 0. The first-order valence-electron chi connectivity index (χ1n) is 4.56. The summed E-state index contributed by atoms with van der Waals surface area (Å²) in [5, 5.41) is 0. The van der Waals surface area contributed by atoms with Gasteiger partial charge in [0.2, 0.25) is 0 Å². The molecule has 0 bridgehead atoms. The van der Waals surface area contributed by atoms with E-state index in [1.807, 2.05) is 0 Å². The van der Waals surface area contributed by atoms with E-state index in [0.717, 1.165) is 13.1 Å². The zero-order valence-electron chi connectivity index (χ0n) is 8.89. The minimum Gasteiger partial charge on any atom is -0.303 e. The van der Waals surface area contributed by atoms with Crippen LogP contribution in [-0.4, -0.2) is 50.1 Å². The SMILES string of the molecule is CC1=C(C(C)N(C)C)CN(C)C1.